The second kappa shape index (κ2) is 7.15. The number of fused-ring (bicyclic) bond motifs is 1. The predicted molar refractivity (Wildman–Crippen MR) is 97.9 cm³/mol. The zero-order valence-electron chi connectivity index (χ0n) is 13.8. The largest absolute Gasteiger partial charge is 0.394 e. The second-order valence-electron chi connectivity index (χ2n) is 5.79. The Hall–Kier alpha value is -2.18. The number of hydrogen-bond donors (Lipinski definition) is 1. The van der Waals surface area contributed by atoms with E-state index < -0.39 is 0 Å². The smallest absolute Gasteiger partial charge is 0.259 e. The van der Waals surface area contributed by atoms with Gasteiger partial charge in [-0.1, -0.05) is 25.1 Å². The highest BCUT2D eigenvalue weighted by Crippen LogP contribution is 2.21. The van der Waals surface area contributed by atoms with Crippen LogP contribution in [-0.2, 0) is 6.54 Å². The molecule has 2 aromatic heterocycles. The van der Waals surface area contributed by atoms with Crippen molar-refractivity contribution < 1.29 is 5.11 Å². The molecule has 0 radical (unpaired) electrons. The van der Waals surface area contributed by atoms with E-state index in [1.807, 2.05) is 49.6 Å². The highest BCUT2D eigenvalue weighted by molar-refractivity contribution is 7.15. The number of hydrogen-bond acceptors (Lipinski definition) is 5. The monoisotopic (exact) mass is 343 g/mol. The van der Waals surface area contributed by atoms with Gasteiger partial charge in [0.2, 0.25) is 0 Å². The summed E-state index contributed by atoms with van der Waals surface area (Å²) in [5, 5.41) is 11.7. The Morgan fingerprint density at radius 1 is 1.33 bits per heavy atom. The molecule has 3 aromatic rings. The second-order valence-corrected chi connectivity index (χ2v) is 6.63. The molecule has 3 rings (SSSR count). The highest BCUT2D eigenvalue weighted by Gasteiger charge is 2.18. The van der Waals surface area contributed by atoms with Gasteiger partial charge in [-0.15, -0.1) is 11.3 Å². The van der Waals surface area contributed by atoms with Crippen molar-refractivity contribution in [1.82, 2.24) is 9.38 Å². The summed E-state index contributed by atoms with van der Waals surface area (Å²) in [6.45, 7) is 4.50. The van der Waals surface area contributed by atoms with E-state index >= 15 is 0 Å². The van der Waals surface area contributed by atoms with Crippen molar-refractivity contribution in [3.05, 3.63) is 63.5 Å². The van der Waals surface area contributed by atoms with Crippen LogP contribution in [-0.4, -0.2) is 27.1 Å². The van der Waals surface area contributed by atoms with Crippen molar-refractivity contribution in [2.45, 2.75) is 32.9 Å². The number of aryl methyl sites for hydroxylation is 1. The van der Waals surface area contributed by atoms with Gasteiger partial charge in [-0.25, -0.2) is 4.98 Å². The van der Waals surface area contributed by atoms with E-state index in [2.05, 4.69) is 9.88 Å². The molecule has 0 spiro atoms. The van der Waals surface area contributed by atoms with E-state index in [0.29, 0.717) is 11.5 Å². The molecule has 0 amide bonds. The maximum Gasteiger partial charge on any atom is 0.259 e. The third kappa shape index (κ3) is 3.20. The van der Waals surface area contributed by atoms with Gasteiger partial charge in [0.25, 0.3) is 5.56 Å². The number of aliphatic hydroxyl groups excluding tert-OH is 1. The summed E-state index contributed by atoms with van der Waals surface area (Å²) in [5.41, 5.74) is 2.58. The van der Waals surface area contributed by atoms with Crippen LogP contribution in [0.1, 0.15) is 24.7 Å². The van der Waals surface area contributed by atoms with Crippen LogP contribution in [0.5, 0.6) is 0 Å². The third-order valence-electron chi connectivity index (χ3n) is 4.17. The summed E-state index contributed by atoms with van der Waals surface area (Å²) in [6, 6.07) is 11.5. The van der Waals surface area contributed by atoms with Crippen molar-refractivity contribution in [3.63, 3.8) is 0 Å². The van der Waals surface area contributed by atoms with Gasteiger partial charge in [0, 0.05) is 22.8 Å². The Morgan fingerprint density at radius 2 is 2.08 bits per heavy atom. The van der Waals surface area contributed by atoms with Crippen LogP contribution >= 0.6 is 11.3 Å². The first-order chi connectivity index (χ1) is 11.6. The van der Waals surface area contributed by atoms with Crippen molar-refractivity contribution >= 4 is 22.0 Å². The van der Waals surface area contributed by atoms with Crippen molar-refractivity contribution in [3.8, 4) is 0 Å². The molecule has 1 N–H and O–H groups in total. The molecule has 1 aromatic carbocycles. The van der Waals surface area contributed by atoms with Gasteiger partial charge in [-0.3, -0.25) is 9.20 Å². The topological polar surface area (TPSA) is 57.8 Å². The zero-order chi connectivity index (χ0) is 17.1. The van der Waals surface area contributed by atoms with Crippen LogP contribution in [0.3, 0.4) is 0 Å². The number of thiazole rings is 1. The lowest BCUT2D eigenvalue weighted by molar-refractivity contribution is 0.255. The van der Waals surface area contributed by atoms with E-state index in [1.54, 1.807) is 10.5 Å². The van der Waals surface area contributed by atoms with Crippen LogP contribution in [0.15, 0.2) is 46.6 Å². The fraction of sp³-hybridized carbons (Fsp3) is 0.333. The number of para-hydroxylation sites is 1. The first-order valence-electron chi connectivity index (χ1n) is 8.03. The van der Waals surface area contributed by atoms with E-state index in [-0.39, 0.29) is 18.2 Å². The average Bonchev–Trinajstić information content (AvgIpc) is 2.97. The molecule has 0 aliphatic heterocycles. The molecule has 0 saturated carbocycles. The molecule has 6 heteroatoms. The van der Waals surface area contributed by atoms with Crippen molar-refractivity contribution in [1.29, 1.82) is 0 Å². The molecular weight excluding hydrogens is 322 g/mol. The lowest BCUT2D eigenvalue weighted by atomic mass is 10.1. The summed E-state index contributed by atoms with van der Waals surface area (Å²) >= 11 is 1.47. The fourth-order valence-corrected chi connectivity index (χ4v) is 3.75. The summed E-state index contributed by atoms with van der Waals surface area (Å²) in [4.78, 5) is 19.8. The normalized spacial score (nSPS) is 12.5. The lowest BCUT2D eigenvalue weighted by Gasteiger charge is -2.31. The van der Waals surface area contributed by atoms with Crippen LogP contribution in [0.25, 0.3) is 4.96 Å². The minimum atomic E-state index is -0.0567. The van der Waals surface area contributed by atoms with Crippen LogP contribution in [0.4, 0.5) is 5.69 Å². The van der Waals surface area contributed by atoms with Gasteiger partial charge in [-0.05, 0) is 25.5 Å². The third-order valence-corrected chi connectivity index (χ3v) is 5.12. The van der Waals surface area contributed by atoms with Crippen LogP contribution in [0.2, 0.25) is 0 Å². The molecule has 0 saturated heterocycles. The SMILES string of the molecule is CC[C@@H](CO)N(Cc1cc(=O)n2c(C)csc2n1)c1ccccc1. The van der Waals surface area contributed by atoms with Crippen LogP contribution < -0.4 is 10.5 Å². The molecule has 126 valence electrons. The molecule has 24 heavy (non-hydrogen) atoms. The Morgan fingerprint density at radius 3 is 2.75 bits per heavy atom. The average molecular weight is 343 g/mol. The molecule has 0 bridgehead atoms. The number of anilines is 1. The van der Waals surface area contributed by atoms with Crippen molar-refractivity contribution in [2.24, 2.45) is 0 Å². The molecule has 0 unspecified atom stereocenters. The number of aromatic nitrogens is 2. The Labute approximate surface area is 144 Å². The number of nitrogens with zero attached hydrogens (tertiary/aromatic N) is 3. The molecule has 0 fully saturated rings. The number of benzene rings is 1. The van der Waals surface area contributed by atoms with E-state index in [4.69, 9.17) is 0 Å². The maximum absolute atomic E-state index is 12.4. The summed E-state index contributed by atoms with van der Waals surface area (Å²) in [7, 11) is 0. The Kier molecular flexibility index (Phi) is 4.97. The van der Waals surface area contributed by atoms with E-state index in [0.717, 1.165) is 23.5 Å². The van der Waals surface area contributed by atoms with E-state index in [9.17, 15) is 9.90 Å². The zero-order valence-corrected chi connectivity index (χ0v) is 14.7. The standard InChI is InChI=1S/C18H21N3O2S/c1-3-15(11-22)20(16-7-5-4-6-8-16)10-14-9-17(23)21-13(2)12-24-18(21)19-14/h4-9,12,15,22H,3,10-11H2,1-2H3/t15-/m0/s1. The summed E-state index contributed by atoms with van der Waals surface area (Å²) in [5.74, 6) is 0. The number of aliphatic hydroxyl groups is 1. The first kappa shape index (κ1) is 16.7. The summed E-state index contributed by atoms with van der Waals surface area (Å²) in [6.07, 6.45) is 0.810. The first-order valence-corrected chi connectivity index (χ1v) is 8.91. The molecular formula is C18H21N3O2S. The quantitative estimate of drug-likeness (QED) is 0.748. The van der Waals surface area contributed by atoms with Crippen molar-refractivity contribution in [2.75, 3.05) is 11.5 Å². The Balaban J connectivity index is 2.00. The van der Waals surface area contributed by atoms with E-state index in [1.165, 1.54) is 11.3 Å². The molecule has 1 atom stereocenters. The van der Waals surface area contributed by atoms with Gasteiger partial charge in [0.15, 0.2) is 4.96 Å². The minimum absolute atomic E-state index is 0.0160. The van der Waals surface area contributed by atoms with Crippen LogP contribution in [0, 0.1) is 6.92 Å². The maximum atomic E-state index is 12.4. The molecule has 0 aliphatic carbocycles. The van der Waals surface area contributed by atoms with Gasteiger partial charge in [-0.2, -0.15) is 0 Å². The lowest BCUT2D eigenvalue weighted by Crippen LogP contribution is -2.37. The van der Waals surface area contributed by atoms with Gasteiger partial charge >= 0.3 is 0 Å². The molecule has 2 heterocycles. The fourth-order valence-electron chi connectivity index (χ4n) is 2.86. The van der Waals surface area contributed by atoms with Gasteiger partial charge in [0.05, 0.1) is 24.9 Å². The minimum Gasteiger partial charge on any atom is -0.394 e. The van der Waals surface area contributed by atoms with Gasteiger partial charge in [0.1, 0.15) is 0 Å². The predicted octanol–water partition coefficient (Wildman–Crippen LogP) is 2.84. The number of rotatable bonds is 6. The van der Waals surface area contributed by atoms with Gasteiger partial charge < -0.3 is 10.0 Å². The highest BCUT2D eigenvalue weighted by atomic mass is 32.1. The molecule has 0 aliphatic rings. The Bertz CT molecular complexity index is 869. The summed E-state index contributed by atoms with van der Waals surface area (Å²) < 4.78 is 1.63. The molecule has 5 nitrogen and oxygen atoms in total.